The Morgan fingerprint density at radius 2 is 1.46 bits per heavy atom. The van der Waals surface area contributed by atoms with E-state index < -0.39 is 31.3 Å². The maximum atomic E-state index is 11.1. The van der Waals surface area contributed by atoms with Gasteiger partial charge in [-0.3, -0.25) is 20.2 Å². The average molecular weight is 412 g/mol. The molecule has 3 aromatic rings. The minimum Gasteiger partial charge on any atom is -0.744 e. The van der Waals surface area contributed by atoms with Crippen LogP contribution in [0.3, 0.4) is 0 Å². The molecule has 0 atom stereocenters. The summed E-state index contributed by atoms with van der Waals surface area (Å²) in [4.78, 5) is 20.0. The molecule has 0 bridgehead atoms. The molecular formula is C16H9N2NaO8S. The van der Waals surface area contributed by atoms with E-state index in [2.05, 4.69) is 0 Å². The fraction of sp³-hybridized carbons (Fsp3) is 0. The molecule has 28 heavy (non-hydrogen) atoms. The fourth-order valence-corrected chi connectivity index (χ4v) is 2.90. The molecule has 3 rings (SSSR count). The van der Waals surface area contributed by atoms with Crippen molar-refractivity contribution in [1.29, 1.82) is 0 Å². The number of ether oxygens (including phenoxy) is 1. The summed E-state index contributed by atoms with van der Waals surface area (Å²) in [6.07, 6.45) is 0. The van der Waals surface area contributed by atoms with Crippen molar-refractivity contribution in [1.82, 2.24) is 0 Å². The van der Waals surface area contributed by atoms with Gasteiger partial charge in [-0.25, -0.2) is 8.42 Å². The number of nitro groups is 2. The SMILES string of the molecule is O=[N+]([O-])c1ccc(Oc2ccc3cc(S(=O)(=O)[O-])ccc3c2)c([N+](=O)[O-])c1.[Na+]. The molecule has 0 saturated carbocycles. The molecule has 0 aromatic heterocycles. The van der Waals surface area contributed by atoms with Gasteiger partial charge in [0, 0.05) is 6.07 Å². The Labute approximate surface area is 180 Å². The van der Waals surface area contributed by atoms with Gasteiger partial charge in [-0.1, -0.05) is 12.1 Å². The van der Waals surface area contributed by atoms with E-state index in [0.717, 1.165) is 24.3 Å². The third-order valence-corrected chi connectivity index (χ3v) is 4.48. The van der Waals surface area contributed by atoms with Gasteiger partial charge < -0.3 is 9.29 Å². The van der Waals surface area contributed by atoms with Crippen LogP contribution in [0.25, 0.3) is 10.8 Å². The van der Waals surface area contributed by atoms with Crippen molar-refractivity contribution in [2.75, 3.05) is 0 Å². The first kappa shape index (κ1) is 21.7. The van der Waals surface area contributed by atoms with Crippen LogP contribution in [0.2, 0.25) is 0 Å². The number of nitro benzene ring substituents is 2. The van der Waals surface area contributed by atoms with Gasteiger partial charge in [-0.05, 0) is 41.1 Å². The Balaban J connectivity index is 0.00000280. The molecule has 0 spiro atoms. The molecule has 10 nitrogen and oxygen atoms in total. The fourth-order valence-electron chi connectivity index (χ4n) is 2.40. The smallest absolute Gasteiger partial charge is 0.744 e. The van der Waals surface area contributed by atoms with E-state index in [1.807, 2.05) is 0 Å². The van der Waals surface area contributed by atoms with E-state index in [1.165, 1.54) is 30.3 Å². The third kappa shape index (κ3) is 4.64. The maximum absolute atomic E-state index is 11.1. The van der Waals surface area contributed by atoms with Crippen molar-refractivity contribution in [2.24, 2.45) is 0 Å². The normalized spacial score (nSPS) is 10.9. The van der Waals surface area contributed by atoms with Gasteiger partial charge in [-0.2, -0.15) is 0 Å². The summed E-state index contributed by atoms with van der Waals surface area (Å²) >= 11 is 0. The number of nitrogens with zero attached hydrogens (tertiary/aromatic N) is 2. The molecule has 0 aliphatic carbocycles. The van der Waals surface area contributed by atoms with Gasteiger partial charge in [0.1, 0.15) is 15.9 Å². The second kappa shape index (κ2) is 8.20. The van der Waals surface area contributed by atoms with Crippen molar-refractivity contribution in [3.8, 4) is 11.5 Å². The number of rotatable bonds is 5. The van der Waals surface area contributed by atoms with E-state index >= 15 is 0 Å². The van der Waals surface area contributed by atoms with Crippen LogP contribution in [0.4, 0.5) is 11.4 Å². The topological polar surface area (TPSA) is 153 Å². The molecule has 0 unspecified atom stereocenters. The van der Waals surface area contributed by atoms with Gasteiger partial charge in [-0.15, -0.1) is 0 Å². The van der Waals surface area contributed by atoms with Crippen LogP contribution in [0.1, 0.15) is 0 Å². The Hall–Kier alpha value is -2.57. The monoisotopic (exact) mass is 412 g/mol. The van der Waals surface area contributed by atoms with Gasteiger partial charge in [0.25, 0.3) is 5.69 Å². The summed E-state index contributed by atoms with van der Waals surface area (Å²) in [5, 5.41) is 22.9. The van der Waals surface area contributed by atoms with Crippen LogP contribution in [-0.4, -0.2) is 22.8 Å². The number of hydrogen-bond donors (Lipinski definition) is 0. The molecule has 0 saturated heterocycles. The summed E-state index contributed by atoms with van der Waals surface area (Å²) in [5.41, 5.74) is -1.02. The number of fused-ring (bicyclic) bond motifs is 1. The van der Waals surface area contributed by atoms with Gasteiger partial charge in [0.2, 0.25) is 5.75 Å². The zero-order valence-electron chi connectivity index (χ0n) is 14.3. The second-order valence-corrected chi connectivity index (χ2v) is 6.77. The quantitative estimate of drug-likeness (QED) is 0.252. The molecule has 0 aliphatic heterocycles. The first-order valence-corrected chi connectivity index (χ1v) is 8.66. The van der Waals surface area contributed by atoms with Crippen LogP contribution >= 0.6 is 0 Å². The molecule has 0 amide bonds. The Bertz CT molecular complexity index is 1200. The molecule has 0 radical (unpaired) electrons. The summed E-state index contributed by atoms with van der Waals surface area (Å²) in [5.74, 6) is 0.000824. The van der Waals surface area contributed by atoms with Gasteiger partial charge in [0.05, 0.1) is 20.8 Å². The summed E-state index contributed by atoms with van der Waals surface area (Å²) < 4.78 is 38.7. The van der Waals surface area contributed by atoms with E-state index in [4.69, 9.17) is 4.74 Å². The molecule has 0 N–H and O–H groups in total. The van der Waals surface area contributed by atoms with E-state index in [-0.39, 0.29) is 46.0 Å². The predicted octanol–water partition coefficient (Wildman–Crippen LogP) is 0.357. The van der Waals surface area contributed by atoms with Gasteiger partial charge in [0.15, 0.2) is 0 Å². The molecule has 0 fully saturated rings. The molecule has 0 aliphatic rings. The summed E-state index contributed by atoms with van der Waals surface area (Å²) in [6.45, 7) is 0. The van der Waals surface area contributed by atoms with Crippen LogP contribution in [0, 0.1) is 20.2 Å². The molecule has 3 aromatic carbocycles. The average Bonchev–Trinajstić information content (AvgIpc) is 2.60. The van der Waals surface area contributed by atoms with E-state index in [9.17, 15) is 33.2 Å². The minimum absolute atomic E-state index is 0. The predicted molar refractivity (Wildman–Crippen MR) is 91.7 cm³/mol. The van der Waals surface area contributed by atoms with Crippen LogP contribution in [0.5, 0.6) is 11.5 Å². The van der Waals surface area contributed by atoms with Crippen molar-refractivity contribution in [2.45, 2.75) is 4.90 Å². The largest absolute Gasteiger partial charge is 1.00 e. The second-order valence-electron chi connectivity index (χ2n) is 5.39. The molecule has 0 heterocycles. The van der Waals surface area contributed by atoms with Crippen LogP contribution < -0.4 is 34.3 Å². The number of non-ortho nitro benzene ring substituents is 1. The Morgan fingerprint density at radius 1 is 0.821 bits per heavy atom. The van der Waals surface area contributed by atoms with Crippen molar-refractivity contribution >= 4 is 32.3 Å². The molecule has 12 heteroatoms. The summed E-state index contributed by atoms with van der Waals surface area (Å²) in [6, 6.07) is 11.1. The maximum Gasteiger partial charge on any atom is 1.00 e. The Morgan fingerprint density at radius 3 is 2.07 bits per heavy atom. The van der Waals surface area contributed by atoms with Crippen molar-refractivity contribution in [3.05, 3.63) is 74.8 Å². The summed E-state index contributed by atoms with van der Waals surface area (Å²) in [7, 11) is -4.59. The first-order chi connectivity index (χ1) is 12.6. The van der Waals surface area contributed by atoms with Crippen LogP contribution in [0.15, 0.2) is 59.5 Å². The third-order valence-electron chi connectivity index (χ3n) is 3.65. The van der Waals surface area contributed by atoms with E-state index in [0.29, 0.717) is 10.8 Å². The number of hydrogen-bond acceptors (Lipinski definition) is 8. The minimum atomic E-state index is -4.59. The standard InChI is InChI=1S/C16H10N2O8S.Na/c19-17(20)12-3-6-16(15(9-12)18(21)22)26-13-4-1-11-8-14(27(23,24)25)5-2-10(11)7-13;/h1-9H,(H,23,24,25);/q;+1/p-1. The first-order valence-electron chi connectivity index (χ1n) is 7.25. The number of benzene rings is 3. The molecule has 138 valence electrons. The van der Waals surface area contributed by atoms with Crippen molar-refractivity contribution < 1.29 is 57.1 Å². The zero-order valence-corrected chi connectivity index (χ0v) is 17.1. The molecular weight excluding hydrogens is 403 g/mol. The Kier molecular flexibility index (Phi) is 6.37. The zero-order chi connectivity index (χ0) is 19.8. The van der Waals surface area contributed by atoms with Crippen molar-refractivity contribution in [3.63, 3.8) is 0 Å². The van der Waals surface area contributed by atoms with Crippen LogP contribution in [-0.2, 0) is 10.1 Å². The van der Waals surface area contributed by atoms with Gasteiger partial charge >= 0.3 is 35.2 Å². The van der Waals surface area contributed by atoms with E-state index in [1.54, 1.807) is 0 Å².